The summed E-state index contributed by atoms with van der Waals surface area (Å²) in [6, 6.07) is 11.5. The van der Waals surface area contributed by atoms with Crippen molar-refractivity contribution in [1.29, 1.82) is 0 Å². The van der Waals surface area contributed by atoms with Crippen LogP contribution in [0.3, 0.4) is 0 Å². The van der Waals surface area contributed by atoms with Crippen molar-refractivity contribution in [2.45, 2.75) is 13.1 Å². The van der Waals surface area contributed by atoms with Crippen LogP contribution in [-0.4, -0.2) is 0 Å². The van der Waals surface area contributed by atoms with Crippen LogP contribution < -0.4 is 10.6 Å². The van der Waals surface area contributed by atoms with E-state index in [0.29, 0.717) is 11.5 Å². The summed E-state index contributed by atoms with van der Waals surface area (Å²) in [7, 11) is 0. The van der Waals surface area contributed by atoms with Crippen molar-refractivity contribution in [2.75, 3.05) is 10.6 Å². The third kappa shape index (κ3) is 4.27. The van der Waals surface area contributed by atoms with Crippen LogP contribution in [0.2, 0.25) is 0 Å². The highest BCUT2D eigenvalue weighted by Crippen LogP contribution is 2.36. The lowest BCUT2D eigenvalue weighted by Crippen LogP contribution is -2.10. The Morgan fingerprint density at radius 3 is 2.14 bits per heavy atom. The van der Waals surface area contributed by atoms with Crippen molar-refractivity contribution >= 4 is 27.3 Å². The normalized spacial score (nSPS) is 11.1. The molecule has 2 N–H and O–H groups in total. The first-order valence-electron chi connectivity index (χ1n) is 6.42. The lowest BCUT2D eigenvalue weighted by molar-refractivity contribution is -0.138. The maximum atomic E-state index is 12.9. The summed E-state index contributed by atoms with van der Waals surface area (Å²) < 4.78 is 38.6. The third-order valence-corrected chi connectivity index (χ3v) is 3.61. The van der Waals surface area contributed by atoms with E-state index >= 15 is 0 Å². The standard InChI is InChI=1S/C16H14BrF3N2/c1-10-3-5-12(6-4-10)21-11(2)22-13-7-8-15(17)14(9-13)16(18,19)20/h3-9,21-22H,2H2,1H3. The second-order valence-corrected chi connectivity index (χ2v) is 5.64. The molecule has 22 heavy (non-hydrogen) atoms. The zero-order valence-corrected chi connectivity index (χ0v) is 13.3. The summed E-state index contributed by atoms with van der Waals surface area (Å²) in [6.07, 6.45) is -4.41. The second-order valence-electron chi connectivity index (χ2n) is 4.79. The van der Waals surface area contributed by atoms with Crippen molar-refractivity contribution in [2.24, 2.45) is 0 Å². The first-order valence-corrected chi connectivity index (χ1v) is 7.21. The quantitative estimate of drug-likeness (QED) is 0.713. The molecule has 2 aromatic rings. The van der Waals surface area contributed by atoms with Gasteiger partial charge in [0.15, 0.2) is 0 Å². The van der Waals surface area contributed by atoms with E-state index in [2.05, 4.69) is 33.1 Å². The van der Waals surface area contributed by atoms with Gasteiger partial charge in [0.2, 0.25) is 0 Å². The maximum Gasteiger partial charge on any atom is 0.417 e. The number of alkyl halides is 3. The van der Waals surface area contributed by atoms with E-state index < -0.39 is 11.7 Å². The molecule has 116 valence electrons. The lowest BCUT2D eigenvalue weighted by Gasteiger charge is -2.15. The Morgan fingerprint density at radius 2 is 1.55 bits per heavy atom. The minimum Gasteiger partial charge on any atom is -0.342 e. The Labute approximate surface area is 135 Å². The van der Waals surface area contributed by atoms with Gasteiger partial charge in [0.1, 0.15) is 5.82 Å². The summed E-state index contributed by atoms with van der Waals surface area (Å²) in [5.41, 5.74) is 1.49. The molecule has 0 aromatic heterocycles. The second kappa shape index (κ2) is 6.44. The molecule has 0 aliphatic carbocycles. The first-order chi connectivity index (χ1) is 10.3. The summed E-state index contributed by atoms with van der Waals surface area (Å²) in [4.78, 5) is 0. The predicted molar refractivity (Wildman–Crippen MR) is 86.7 cm³/mol. The van der Waals surface area contributed by atoms with Crippen LogP contribution >= 0.6 is 15.9 Å². The van der Waals surface area contributed by atoms with Crippen molar-refractivity contribution in [1.82, 2.24) is 0 Å². The highest BCUT2D eigenvalue weighted by Gasteiger charge is 2.33. The molecule has 2 rings (SSSR count). The van der Waals surface area contributed by atoms with Crippen LogP contribution in [0, 0.1) is 6.92 Å². The van der Waals surface area contributed by atoms with Gasteiger partial charge in [-0.05, 0) is 37.3 Å². The van der Waals surface area contributed by atoms with Gasteiger partial charge in [-0.1, -0.05) is 40.2 Å². The van der Waals surface area contributed by atoms with E-state index in [4.69, 9.17) is 0 Å². The van der Waals surface area contributed by atoms with Crippen LogP contribution in [0.1, 0.15) is 11.1 Å². The van der Waals surface area contributed by atoms with Crippen LogP contribution in [0.5, 0.6) is 0 Å². The van der Waals surface area contributed by atoms with E-state index in [-0.39, 0.29) is 4.47 Å². The fourth-order valence-electron chi connectivity index (χ4n) is 1.84. The van der Waals surface area contributed by atoms with Crippen LogP contribution in [-0.2, 0) is 6.18 Å². The number of anilines is 2. The van der Waals surface area contributed by atoms with Gasteiger partial charge in [-0.15, -0.1) is 0 Å². The zero-order chi connectivity index (χ0) is 16.3. The van der Waals surface area contributed by atoms with Crippen molar-refractivity contribution in [3.63, 3.8) is 0 Å². The molecule has 0 fully saturated rings. The van der Waals surface area contributed by atoms with E-state index in [1.807, 2.05) is 31.2 Å². The number of aryl methyl sites for hydroxylation is 1. The van der Waals surface area contributed by atoms with Gasteiger partial charge in [0.05, 0.1) is 5.56 Å². The van der Waals surface area contributed by atoms with Gasteiger partial charge >= 0.3 is 6.18 Å². The Bertz CT molecular complexity index is 679. The fraction of sp³-hybridized carbons (Fsp3) is 0.125. The average molecular weight is 371 g/mol. The number of halogens is 4. The average Bonchev–Trinajstić information content (AvgIpc) is 2.42. The number of hydrogen-bond acceptors (Lipinski definition) is 2. The largest absolute Gasteiger partial charge is 0.417 e. The summed E-state index contributed by atoms with van der Waals surface area (Å²) in [5, 5.41) is 5.81. The minimum atomic E-state index is -4.41. The van der Waals surface area contributed by atoms with Gasteiger partial charge in [0.25, 0.3) is 0 Å². The molecular weight excluding hydrogens is 357 g/mol. The Hall–Kier alpha value is -1.95. The van der Waals surface area contributed by atoms with Crippen molar-refractivity contribution in [3.8, 4) is 0 Å². The monoisotopic (exact) mass is 370 g/mol. The molecular formula is C16H14BrF3N2. The van der Waals surface area contributed by atoms with Gasteiger partial charge in [0, 0.05) is 15.8 Å². The van der Waals surface area contributed by atoms with Gasteiger partial charge in [-0.2, -0.15) is 13.2 Å². The minimum absolute atomic E-state index is 0.00246. The molecule has 2 aromatic carbocycles. The molecule has 0 bridgehead atoms. The molecule has 0 radical (unpaired) electrons. The SMILES string of the molecule is C=C(Nc1ccc(C)cc1)Nc1ccc(Br)c(C(F)(F)F)c1. The highest BCUT2D eigenvalue weighted by molar-refractivity contribution is 9.10. The molecule has 0 saturated heterocycles. The molecule has 0 spiro atoms. The topological polar surface area (TPSA) is 24.1 Å². The van der Waals surface area contributed by atoms with E-state index in [0.717, 1.165) is 17.3 Å². The number of nitrogens with one attached hydrogen (secondary N) is 2. The third-order valence-electron chi connectivity index (χ3n) is 2.91. The molecule has 2 nitrogen and oxygen atoms in total. The fourth-order valence-corrected chi connectivity index (χ4v) is 2.31. The number of rotatable bonds is 4. The van der Waals surface area contributed by atoms with E-state index in [1.165, 1.54) is 6.07 Å². The molecule has 0 aliphatic heterocycles. The van der Waals surface area contributed by atoms with Gasteiger partial charge < -0.3 is 10.6 Å². The Morgan fingerprint density at radius 1 is 1.00 bits per heavy atom. The van der Waals surface area contributed by atoms with E-state index in [9.17, 15) is 13.2 Å². The molecule has 0 amide bonds. The van der Waals surface area contributed by atoms with Crippen LogP contribution in [0.15, 0.2) is 59.3 Å². The smallest absolute Gasteiger partial charge is 0.342 e. The van der Waals surface area contributed by atoms with E-state index in [1.54, 1.807) is 6.07 Å². The van der Waals surface area contributed by atoms with Crippen LogP contribution in [0.25, 0.3) is 0 Å². The highest BCUT2D eigenvalue weighted by atomic mass is 79.9. The zero-order valence-electron chi connectivity index (χ0n) is 11.8. The molecule has 0 saturated carbocycles. The lowest BCUT2D eigenvalue weighted by atomic mass is 10.2. The van der Waals surface area contributed by atoms with Gasteiger partial charge in [-0.25, -0.2) is 0 Å². The maximum absolute atomic E-state index is 12.9. The molecule has 0 aliphatic rings. The van der Waals surface area contributed by atoms with Crippen molar-refractivity contribution in [3.05, 3.63) is 70.5 Å². The predicted octanol–water partition coefficient (Wildman–Crippen LogP) is 5.77. The number of hydrogen-bond donors (Lipinski definition) is 2. The number of benzene rings is 2. The summed E-state index contributed by atoms with van der Waals surface area (Å²) in [6.45, 7) is 5.74. The molecule has 0 atom stereocenters. The summed E-state index contributed by atoms with van der Waals surface area (Å²) in [5.74, 6) is 0.388. The Kier molecular flexibility index (Phi) is 4.81. The first kappa shape index (κ1) is 16.4. The van der Waals surface area contributed by atoms with Gasteiger partial charge in [-0.3, -0.25) is 0 Å². The molecule has 6 heteroatoms. The Balaban J connectivity index is 2.10. The summed E-state index contributed by atoms with van der Waals surface area (Å²) >= 11 is 2.91. The van der Waals surface area contributed by atoms with Crippen LogP contribution in [0.4, 0.5) is 24.5 Å². The molecule has 0 unspecified atom stereocenters. The van der Waals surface area contributed by atoms with Crippen molar-refractivity contribution < 1.29 is 13.2 Å². The molecule has 0 heterocycles.